The van der Waals surface area contributed by atoms with Crippen LogP contribution in [0.15, 0.2) is 41.0 Å². The van der Waals surface area contributed by atoms with Gasteiger partial charge in [-0.25, -0.2) is 0 Å². The summed E-state index contributed by atoms with van der Waals surface area (Å²) in [6, 6.07) is 0. The van der Waals surface area contributed by atoms with Gasteiger partial charge in [0.05, 0.1) is 0 Å². The molecule has 2 rings (SSSR count). The van der Waals surface area contributed by atoms with Crippen LogP contribution in [0.1, 0.15) is 42.0 Å². The predicted molar refractivity (Wildman–Crippen MR) is 69.1 cm³/mol. The molecule has 0 heterocycles. The SMILES string of the molecule is CC1=CC[C]([Zr+]([CH3])[C]2=C(C)C(C)=CC2)=C1C.[H-]. The van der Waals surface area contributed by atoms with Crippen molar-refractivity contribution < 1.29 is 23.2 Å². The molecule has 0 N–H and O–H groups in total. The van der Waals surface area contributed by atoms with Gasteiger partial charge in [-0.3, -0.25) is 0 Å². The molecule has 16 heavy (non-hydrogen) atoms. The molecule has 0 fully saturated rings. The van der Waals surface area contributed by atoms with Crippen molar-refractivity contribution in [1.82, 2.24) is 0 Å². The van der Waals surface area contributed by atoms with E-state index in [1.165, 1.54) is 24.0 Å². The van der Waals surface area contributed by atoms with Crippen LogP contribution >= 0.6 is 0 Å². The van der Waals surface area contributed by atoms with Crippen LogP contribution < -0.4 is 0 Å². The van der Waals surface area contributed by atoms with Gasteiger partial charge in [0.1, 0.15) is 0 Å². The fraction of sp³-hybridized carbons (Fsp3) is 0.467. The molecule has 0 aromatic rings. The van der Waals surface area contributed by atoms with Crippen molar-refractivity contribution in [3.05, 3.63) is 41.0 Å². The van der Waals surface area contributed by atoms with Crippen LogP contribution in [0.4, 0.5) is 0 Å². The molecule has 2 aliphatic carbocycles. The van der Waals surface area contributed by atoms with E-state index in [4.69, 9.17) is 0 Å². The molecular formula is C15H22Zr. The van der Waals surface area contributed by atoms with Gasteiger partial charge in [-0.1, -0.05) is 0 Å². The second-order valence-corrected chi connectivity index (χ2v) is 11.1. The molecule has 0 saturated heterocycles. The molecule has 0 amide bonds. The van der Waals surface area contributed by atoms with Gasteiger partial charge < -0.3 is 1.43 Å². The minimum atomic E-state index is -1.46. The minimum Gasteiger partial charge on any atom is -1.00 e. The van der Waals surface area contributed by atoms with Gasteiger partial charge in [0, 0.05) is 0 Å². The first-order valence-electron chi connectivity index (χ1n) is 6.10. The molecular weight excluding hydrogens is 271 g/mol. The average molecular weight is 294 g/mol. The first kappa shape index (κ1) is 12.3. The summed E-state index contributed by atoms with van der Waals surface area (Å²) >= 11 is -1.46. The van der Waals surface area contributed by atoms with Crippen LogP contribution in [0.5, 0.6) is 0 Å². The normalized spacial score (nSPS) is 20.6. The first-order chi connectivity index (χ1) is 7.52. The van der Waals surface area contributed by atoms with Crippen molar-refractivity contribution in [2.24, 2.45) is 0 Å². The van der Waals surface area contributed by atoms with E-state index in [1.807, 2.05) is 6.56 Å². The van der Waals surface area contributed by atoms with E-state index in [1.54, 1.807) is 11.1 Å². The molecule has 0 aromatic carbocycles. The van der Waals surface area contributed by atoms with Crippen molar-refractivity contribution in [2.45, 2.75) is 45.2 Å². The van der Waals surface area contributed by atoms with Crippen molar-refractivity contribution in [3.8, 4) is 0 Å². The molecule has 0 aromatic heterocycles. The zero-order valence-electron chi connectivity index (χ0n) is 12.1. The molecule has 0 radical (unpaired) electrons. The smallest absolute Gasteiger partial charge is 1.00 e. The first-order valence-corrected chi connectivity index (χ1v) is 11.0. The van der Waals surface area contributed by atoms with Gasteiger partial charge in [-0.2, -0.15) is 0 Å². The summed E-state index contributed by atoms with van der Waals surface area (Å²) in [5.41, 5.74) is 6.27. The van der Waals surface area contributed by atoms with E-state index >= 15 is 0 Å². The molecule has 86 valence electrons. The van der Waals surface area contributed by atoms with Crippen molar-refractivity contribution in [2.75, 3.05) is 0 Å². The van der Waals surface area contributed by atoms with E-state index in [-0.39, 0.29) is 1.43 Å². The Hall–Kier alpha value is -0.157. The van der Waals surface area contributed by atoms with Crippen LogP contribution in [0, 0.1) is 0 Å². The van der Waals surface area contributed by atoms with E-state index in [9.17, 15) is 0 Å². The Kier molecular flexibility index (Phi) is 3.54. The van der Waals surface area contributed by atoms with Crippen LogP contribution in [-0.2, 0) is 21.8 Å². The zero-order valence-corrected chi connectivity index (χ0v) is 13.5. The summed E-state index contributed by atoms with van der Waals surface area (Å²) < 4.78 is 6.23. The Labute approximate surface area is 109 Å². The summed E-state index contributed by atoms with van der Waals surface area (Å²) in [5.74, 6) is 0. The maximum Gasteiger partial charge on any atom is -1.00 e. The van der Waals surface area contributed by atoms with E-state index < -0.39 is 21.8 Å². The molecule has 0 nitrogen and oxygen atoms in total. The van der Waals surface area contributed by atoms with Gasteiger partial charge in [0.2, 0.25) is 0 Å². The van der Waals surface area contributed by atoms with Gasteiger partial charge >= 0.3 is 108 Å². The molecule has 0 saturated carbocycles. The number of rotatable bonds is 2. The number of hydrogen-bond acceptors (Lipinski definition) is 0. The van der Waals surface area contributed by atoms with E-state index in [0.29, 0.717) is 0 Å². The molecule has 1 heteroatoms. The summed E-state index contributed by atoms with van der Waals surface area (Å²) in [6.45, 7) is 9.17. The topological polar surface area (TPSA) is 0 Å². The van der Waals surface area contributed by atoms with Crippen molar-refractivity contribution >= 4 is 0 Å². The standard InChI is InChI=1S/2C7H9.CH3.Zr.H/c2*1-6-4-3-5-7(6)2;;;/h2*4H,3H2,1-2H3;1H3;;/q;;;+1;-1. The van der Waals surface area contributed by atoms with Gasteiger partial charge in [-0.05, 0) is 0 Å². The van der Waals surface area contributed by atoms with Gasteiger partial charge in [-0.15, -0.1) is 0 Å². The Morgan fingerprint density at radius 3 is 1.50 bits per heavy atom. The zero-order chi connectivity index (χ0) is 11.9. The van der Waals surface area contributed by atoms with E-state index in [2.05, 4.69) is 44.5 Å². The van der Waals surface area contributed by atoms with Crippen LogP contribution in [0.25, 0.3) is 0 Å². The van der Waals surface area contributed by atoms with Crippen LogP contribution in [0.2, 0.25) is 4.63 Å². The third-order valence-electron chi connectivity index (χ3n) is 4.22. The van der Waals surface area contributed by atoms with Crippen LogP contribution in [0.3, 0.4) is 0 Å². The molecule has 0 unspecified atom stereocenters. The van der Waals surface area contributed by atoms with Crippen molar-refractivity contribution in [3.63, 3.8) is 0 Å². The third kappa shape index (κ3) is 1.99. The third-order valence-corrected chi connectivity index (χ3v) is 11.5. The Balaban J connectivity index is 0.00000144. The predicted octanol–water partition coefficient (Wildman–Crippen LogP) is 5.01. The quantitative estimate of drug-likeness (QED) is 0.671. The molecule has 0 aliphatic heterocycles. The molecule has 2 aliphatic rings. The maximum atomic E-state index is 2.57. The van der Waals surface area contributed by atoms with Crippen molar-refractivity contribution in [1.29, 1.82) is 0 Å². The second kappa shape index (κ2) is 4.61. The Morgan fingerprint density at radius 1 is 0.875 bits per heavy atom. The fourth-order valence-corrected chi connectivity index (χ4v) is 9.29. The van der Waals surface area contributed by atoms with E-state index in [0.717, 1.165) is 0 Å². The summed E-state index contributed by atoms with van der Waals surface area (Å²) in [5, 5.41) is 0. The number of hydrogen-bond donors (Lipinski definition) is 0. The second-order valence-electron chi connectivity index (χ2n) is 5.01. The molecule has 0 spiro atoms. The molecule has 0 atom stereocenters. The monoisotopic (exact) mass is 292 g/mol. The number of allylic oxidation sites excluding steroid dienone is 8. The average Bonchev–Trinajstić information content (AvgIpc) is 2.74. The van der Waals surface area contributed by atoms with Crippen LogP contribution in [-0.4, -0.2) is 0 Å². The summed E-state index contributed by atoms with van der Waals surface area (Å²) in [7, 11) is 0. The minimum absolute atomic E-state index is 0. The largest absolute Gasteiger partial charge is 1.00 e. The fourth-order valence-electron chi connectivity index (χ4n) is 2.65. The summed E-state index contributed by atoms with van der Waals surface area (Å²) in [4.78, 5) is 0. The summed E-state index contributed by atoms with van der Waals surface area (Å²) in [6.07, 6.45) is 7.33. The maximum absolute atomic E-state index is 2.57. The Bertz CT molecular complexity index is 408. The van der Waals surface area contributed by atoms with Gasteiger partial charge in [0.15, 0.2) is 0 Å². The van der Waals surface area contributed by atoms with Gasteiger partial charge in [0.25, 0.3) is 0 Å². The molecule has 0 bridgehead atoms. The Morgan fingerprint density at radius 2 is 1.25 bits per heavy atom.